The number of rotatable bonds is 24. The molecule has 0 bridgehead atoms. The highest BCUT2D eigenvalue weighted by Crippen LogP contribution is 2.31. The molecule has 422 valence electrons. The number of nitrogens with one attached hydrogen (secondary N) is 2. The summed E-state index contributed by atoms with van der Waals surface area (Å²) in [5, 5.41) is 5.30. The first-order valence-corrected chi connectivity index (χ1v) is 27.7. The van der Waals surface area contributed by atoms with E-state index in [1.54, 1.807) is 24.3 Å². The van der Waals surface area contributed by atoms with Crippen molar-refractivity contribution in [2.45, 2.75) is 129 Å². The van der Waals surface area contributed by atoms with Crippen LogP contribution in [-0.4, -0.2) is 95.7 Å². The number of esters is 2. The van der Waals surface area contributed by atoms with Gasteiger partial charge < -0.3 is 39.4 Å². The Kier molecular flexibility index (Phi) is 21.3. The van der Waals surface area contributed by atoms with Crippen LogP contribution in [0.25, 0.3) is 0 Å². The van der Waals surface area contributed by atoms with Gasteiger partial charge in [0, 0.05) is 26.2 Å². The first-order chi connectivity index (χ1) is 38.5. The van der Waals surface area contributed by atoms with E-state index in [0.29, 0.717) is 75.3 Å². The number of aryl methyl sites for hydroxylation is 2. The summed E-state index contributed by atoms with van der Waals surface area (Å²) in [5.41, 5.74) is 2.45. The Bertz CT molecular complexity index is 2690. The minimum atomic E-state index is -1.41. The Hall–Kier alpha value is -8.14. The van der Waals surface area contributed by atoms with Crippen LogP contribution in [0.15, 0.2) is 146 Å². The lowest BCUT2D eigenvalue weighted by Crippen LogP contribution is -2.54. The molecule has 2 fully saturated rings. The van der Waals surface area contributed by atoms with Gasteiger partial charge in [0.2, 0.25) is 11.6 Å². The van der Waals surface area contributed by atoms with Crippen molar-refractivity contribution in [3.05, 3.63) is 179 Å². The first-order valence-electron chi connectivity index (χ1n) is 27.7. The van der Waals surface area contributed by atoms with Crippen LogP contribution in [-0.2, 0) is 73.6 Å². The van der Waals surface area contributed by atoms with Gasteiger partial charge in [-0.15, -0.1) is 0 Å². The van der Waals surface area contributed by atoms with E-state index < -0.39 is 95.8 Å². The van der Waals surface area contributed by atoms with Crippen molar-refractivity contribution in [3.8, 4) is 0 Å². The summed E-state index contributed by atoms with van der Waals surface area (Å²) < 4.78 is 23.1. The Labute approximate surface area is 468 Å². The van der Waals surface area contributed by atoms with E-state index in [4.69, 9.17) is 18.9 Å². The summed E-state index contributed by atoms with van der Waals surface area (Å²) in [6.45, 7) is 5.81. The maximum Gasteiger partial charge on any atom is 0.407 e. The highest BCUT2D eigenvalue weighted by molar-refractivity contribution is 6.39. The van der Waals surface area contributed by atoms with Gasteiger partial charge in [0.1, 0.15) is 37.5 Å². The van der Waals surface area contributed by atoms with E-state index in [2.05, 4.69) is 10.6 Å². The lowest BCUT2D eigenvalue weighted by atomic mass is 9.87. The van der Waals surface area contributed by atoms with Crippen LogP contribution in [0.2, 0.25) is 0 Å². The smallest absolute Gasteiger partial charge is 0.407 e. The quantitative estimate of drug-likeness (QED) is 0.0337. The maximum atomic E-state index is 13.8. The van der Waals surface area contributed by atoms with E-state index in [1.807, 2.05) is 121 Å². The number of alkyl carbamates (subject to hydrolysis) is 2. The molecule has 4 amide bonds. The van der Waals surface area contributed by atoms with Crippen molar-refractivity contribution in [3.63, 3.8) is 0 Å². The molecule has 4 unspecified atom stereocenters. The zero-order valence-corrected chi connectivity index (χ0v) is 46.3. The maximum absolute atomic E-state index is 13.8. The normalized spacial score (nSPS) is 16.2. The lowest BCUT2D eigenvalue weighted by molar-refractivity contribution is -0.165. The van der Waals surface area contributed by atoms with Crippen molar-refractivity contribution in [1.29, 1.82) is 0 Å². The average molecular weight is 1090 g/mol. The number of nitrogens with zero attached hydrogens (tertiary/aromatic N) is 2. The minimum Gasteiger partial charge on any atom is -0.456 e. The SMILES string of the molecule is CC(C)(COC(=O)NCc1ccc(CNC(=O)OCC(C)(C)C(=O)C(=O)N2CCCCC2C(=O)OC(CCc2ccccc2)c2ccccc2)cc1)C(=O)C(=O)N1CCCCC1C(=O)OC(CCc1ccccc1)c1ccccc1. The molecule has 2 aliphatic heterocycles. The zero-order valence-electron chi connectivity index (χ0n) is 46.3. The topological polar surface area (TPSA) is 204 Å². The van der Waals surface area contributed by atoms with Crippen molar-refractivity contribution in [2.24, 2.45) is 10.8 Å². The third kappa shape index (κ3) is 16.9. The molecule has 5 aromatic carbocycles. The largest absolute Gasteiger partial charge is 0.456 e. The molecule has 7 rings (SSSR count). The number of Topliss-reactive ketones (excluding diaryl/α,β-unsaturated/α-hetero) is 2. The fourth-order valence-corrected chi connectivity index (χ4v) is 9.77. The predicted molar refractivity (Wildman–Crippen MR) is 299 cm³/mol. The second-order valence-electron chi connectivity index (χ2n) is 21.8. The van der Waals surface area contributed by atoms with Crippen LogP contribution < -0.4 is 10.6 Å². The van der Waals surface area contributed by atoms with Gasteiger partial charge in [-0.1, -0.05) is 146 Å². The third-order valence-corrected chi connectivity index (χ3v) is 14.6. The van der Waals surface area contributed by atoms with E-state index in [1.165, 1.54) is 37.5 Å². The number of benzene rings is 5. The predicted octanol–water partition coefficient (Wildman–Crippen LogP) is 9.93. The van der Waals surface area contributed by atoms with Gasteiger partial charge in [-0.2, -0.15) is 0 Å². The molecule has 2 heterocycles. The van der Waals surface area contributed by atoms with Gasteiger partial charge in [0.15, 0.2) is 0 Å². The fraction of sp³-hybridized carbons (Fsp3) is 0.406. The molecule has 4 atom stereocenters. The highest BCUT2D eigenvalue weighted by Gasteiger charge is 2.44. The van der Waals surface area contributed by atoms with Crippen LogP contribution in [0.5, 0.6) is 0 Å². The average Bonchev–Trinajstić information content (AvgIpc) is 3.50. The van der Waals surface area contributed by atoms with E-state index in [-0.39, 0.29) is 26.2 Å². The summed E-state index contributed by atoms with van der Waals surface area (Å²) in [5.74, 6) is -4.38. The molecular formula is C64H74N4O12. The summed E-state index contributed by atoms with van der Waals surface area (Å²) in [6.07, 6.45) is 2.98. The summed E-state index contributed by atoms with van der Waals surface area (Å²) >= 11 is 0. The minimum absolute atomic E-state index is 0.0684. The van der Waals surface area contributed by atoms with Crippen LogP contribution in [0.3, 0.4) is 0 Å². The monoisotopic (exact) mass is 1090 g/mol. The van der Waals surface area contributed by atoms with E-state index in [9.17, 15) is 38.4 Å². The number of ether oxygens (including phenoxy) is 4. The highest BCUT2D eigenvalue weighted by atomic mass is 16.6. The second-order valence-corrected chi connectivity index (χ2v) is 21.8. The summed E-state index contributed by atoms with van der Waals surface area (Å²) in [7, 11) is 0. The van der Waals surface area contributed by atoms with Crippen molar-refractivity contribution < 1.29 is 57.3 Å². The molecule has 2 N–H and O–H groups in total. The third-order valence-electron chi connectivity index (χ3n) is 14.6. The Balaban J connectivity index is 0.826. The van der Waals surface area contributed by atoms with Crippen LogP contribution in [0.4, 0.5) is 9.59 Å². The number of ketones is 2. The molecule has 16 nitrogen and oxygen atoms in total. The number of carbonyl (C=O) groups is 8. The van der Waals surface area contributed by atoms with Crippen molar-refractivity contribution in [1.82, 2.24) is 20.4 Å². The van der Waals surface area contributed by atoms with Crippen molar-refractivity contribution >= 4 is 47.5 Å². The van der Waals surface area contributed by atoms with Crippen molar-refractivity contribution in [2.75, 3.05) is 26.3 Å². The number of hydrogen-bond donors (Lipinski definition) is 2. The molecule has 0 spiro atoms. The first kappa shape index (κ1) is 59.5. The number of amides is 4. The standard InChI is InChI=1S/C64H74N4O12/c1-63(2,55(69)57(71)67-39-19-17-29-51(67)59(73)79-53(49-25-13-7-14-26-49)37-35-45-21-9-5-10-22-45)43-77-61(75)65-41-47-31-33-48(34-32-47)42-66-62(76)78-44-64(3,4)56(70)58(72)68-40-20-18-30-52(68)60(74)80-54(50-27-15-8-16-28-50)38-36-46-23-11-6-12-24-46/h5-16,21-28,31-34,51-54H,17-20,29-30,35-44H2,1-4H3,(H,65,75)(H,66,76). The van der Waals surface area contributed by atoms with E-state index >= 15 is 0 Å². The van der Waals surface area contributed by atoms with Crippen LogP contribution in [0, 0.1) is 10.8 Å². The Morgan fingerprint density at radius 2 is 0.800 bits per heavy atom. The molecule has 2 aliphatic rings. The number of hydrogen-bond acceptors (Lipinski definition) is 12. The summed E-state index contributed by atoms with van der Waals surface area (Å²) in [6, 6.07) is 43.8. The van der Waals surface area contributed by atoms with Gasteiger partial charge in [-0.3, -0.25) is 19.2 Å². The Morgan fingerprint density at radius 3 is 1.15 bits per heavy atom. The number of piperidine rings is 2. The van der Waals surface area contributed by atoms with Gasteiger partial charge in [0.25, 0.3) is 11.8 Å². The van der Waals surface area contributed by atoms with Gasteiger partial charge >= 0.3 is 24.1 Å². The lowest BCUT2D eigenvalue weighted by Gasteiger charge is -2.36. The van der Waals surface area contributed by atoms with E-state index in [0.717, 1.165) is 22.3 Å². The zero-order chi connectivity index (χ0) is 57.1. The molecule has 0 aromatic heterocycles. The van der Waals surface area contributed by atoms with Gasteiger partial charge in [-0.05, 0) is 125 Å². The van der Waals surface area contributed by atoms with Gasteiger partial charge in [0.05, 0.1) is 10.8 Å². The molecule has 0 saturated carbocycles. The molecular weight excluding hydrogens is 1020 g/mol. The van der Waals surface area contributed by atoms with Gasteiger partial charge in [-0.25, -0.2) is 19.2 Å². The molecule has 80 heavy (non-hydrogen) atoms. The second kappa shape index (κ2) is 28.7. The Morgan fingerprint density at radius 1 is 0.463 bits per heavy atom. The van der Waals surface area contributed by atoms with Crippen LogP contribution in [0.1, 0.15) is 125 Å². The number of carbonyl (C=O) groups excluding carboxylic acids is 8. The molecule has 16 heteroatoms. The molecule has 0 radical (unpaired) electrons. The molecule has 2 saturated heterocycles. The molecule has 5 aromatic rings. The van der Waals surface area contributed by atoms with Crippen LogP contribution >= 0.6 is 0 Å². The fourth-order valence-electron chi connectivity index (χ4n) is 9.77. The molecule has 0 aliphatic carbocycles. The summed E-state index contributed by atoms with van der Waals surface area (Å²) in [4.78, 5) is 111. The number of likely N-dealkylation sites (tertiary alicyclic amines) is 2.